The van der Waals surface area contributed by atoms with E-state index in [-0.39, 0.29) is 5.54 Å². The zero-order valence-corrected chi connectivity index (χ0v) is 14.0. The van der Waals surface area contributed by atoms with Crippen molar-refractivity contribution in [1.29, 1.82) is 0 Å². The molecule has 0 spiro atoms. The van der Waals surface area contributed by atoms with Gasteiger partial charge in [-0.05, 0) is 50.8 Å². The van der Waals surface area contributed by atoms with Gasteiger partial charge >= 0.3 is 0 Å². The molecule has 1 heterocycles. The molecule has 1 aromatic carbocycles. The molecule has 1 aromatic rings. The topological polar surface area (TPSA) is 24.5 Å². The summed E-state index contributed by atoms with van der Waals surface area (Å²) in [6, 6.07) is 8.96. The van der Waals surface area contributed by atoms with E-state index in [0.717, 1.165) is 26.2 Å². The Morgan fingerprint density at radius 2 is 2.05 bits per heavy atom. The zero-order valence-electron chi connectivity index (χ0n) is 14.0. The summed E-state index contributed by atoms with van der Waals surface area (Å²) in [7, 11) is 1.80. The average molecular weight is 290 g/mol. The van der Waals surface area contributed by atoms with Gasteiger partial charge in [-0.3, -0.25) is 4.90 Å². The minimum absolute atomic E-state index is 0.165. The normalized spacial score (nSPS) is 20.1. The molecule has 0 aliphatic carbocycles. The Morgan fingerprint density at radius 3 is 2.76 bits per heavy atom. The molecule has 3 nitrogen and oxygen atoms in total. The molecule has 21 heavy (non-hydrogen) atoms. The van der Waals surface area contributed by atoms with E-state index in [2.05, 4.69) is 55.3 Å². The van der Waals surface area contributed by atoms with Crippen LogP contribution in [0.5, 0.6) is 0 Å². The van der Waals surface area contributed by atoms with E-state index in [0.29, 0.717) is 5.92 Å². The SMILES string of the molecule is COCC1CCN(Cc2cccc(CNC(C)(C)C)c2)C1. The molecular formula is C18H30N2O. The van der Waals surface area contributed by atoms with Crippen molar-refractivity contribution in [2.75, 3.05) is 26.8 Å². The van der Waals surface area contributed by atoms with E-state index in [4.69, 9.17) is 4.74 Å². The number of hydrogen-bond acceptors (Lipinski definition) is 3. The monoisotopic (exact) mass is 290 g/mol. The van der Waals surface area contributed by atoms with Gasteiger partial charge in [0, 0.05) is 32.3 Å². The van der Waals surface area contributed by atoms with Crippen molar-refractivity contribution >= 4 is 0 Å². The Bertz CT molecular complexity index is 439. The predicted molar refractivity (Wildman–Crippen MR) is 88.3 cm³/mol. The number of methoxy groups -OCH3 is 1. The molecule has 1 aliphatic rings. The van der Waals surface area contributed by atoms with Crippen LogP contribution in [0.2, 0.25) is 0 Å². The minimum atomic E-state index is 0.165. The Labute approximate surface area is 129 Å². The number of likely N-dealkylation sites (tertiary alicyclic amines) is 1. The van der Waals surface area contributed by atoms with E-state index >= 15 is 0 Å². The first-order valence-corrected chi connectivity index (χ1v) is 8.00. The third kappa shape index (κ3) is 5.77. The van der Waals surface area contributed by atoms with Crippen molar-refractivity contribution in [2.45, 2.75) is 45.8 Å². The van der Waals surface area contributed by atoms with E-state index in [1.807, 2.05) is 0 Å². The molecule has 1 unspecified atom stereocenters. The summed E-state index contributed by atoms with van der Waals surface area (Å²) in [5.41, 5.74) is 2.95. The highest BCUT2D eigenvalue weighted by molar-refractivity contribution is 5.23. The van der Waals surface area contributed by atoms with Gasteiger partial charge in [-0.1, -0.05) is 24.3 Å². The molecule has 1 atom stereocenters. The van der Waals surface area contributed by atoms with Crippen LogP contribution < -0.4 is 5.32 Å². The Hall–Kier alpha value is -0.900. The molecular weight excluding hydrogens is 260 g/mol. The van der Waals surface area contributed by atoms with Gasteiger partial charge in [-0.2, -0.15) is 0 Å². The van der Waals surface area contributed by atoms with Crippen molar-refractivity contribution in [2.24, 2.45) is 5.92 Å². The van der Waals surface area contributed by atoms with Crippen molar-refractivity contribution in [3.8, 4) is 0 Å². The first-order chi connectivity index (χ1) is 9.96. The first kappa shape index (κ1) is 16.5. The molecule has 1 aliphatic heterocycles. The van der Waals surface area contributed by atoms with Gasteiger partial charge in [-0.25, -0.2) is 0 Å². The zero-order chi connectivity index (χ0) is 15.3. The van der Waals surface area contributed by atoms with Crippen molar-refractivity contribution in [3.63, 3.8) is 0 Å². The first-order valence-electron chi connectivity index (χ1n) is 8.00. The van der Waals surface area contributed by atoms with Gasteiger partial charge in [0.2, 0.25) is 0 Å². The lowest BCUT2D eigenvalue weighted by atomic mass is 10.1. The molecule has 0 saturated carbocycles. The van der Waals surface area contributed by atoms with Crippen molar-refractivity contribution in [3.05, 3.63) is 35.4 Å². The fraction of sp³-hybridized carbons (Fsp3) is 0.667. The van der Waals surface area contributed by atoms with Crippen LogP contribution in [0.15, 0.2) is 24.3 Å². The second-order valence-corrected chi connectivity index (χ2v) is 7.27. The summed E-state index contributed by atoms with van der Waals surface area (Å²) in [6.07, 6.45) is 1.26. The van der Waals surface area contributed by atoms with Gasteiger partial charge in [0.05, 0.1) is 6.61 Å². The Balaban J connectivity index is 1.86. The van der Waals surface area contributed by atoms with Crippen LogP contribution in [-0.4, -0.2) is 37.2 Å². The molecule has 3 heteroatoms. The van der Waals surface area contributed by atoms with E-state index in [1.165, 1.54) is 24.1 Å². The summed E-state index contributed by atoms with van der Waals surface area (Å²) in [5.74, 6) is 0.709. The van der Waals surface area contributed by atoms with Gasteiger partial charge in [0.15, 0.2) is 0 Å². The summed E-state index contributed by atoms with van der Waals surface area (Å²) < 4.78 is 5.27. The van der Waals surface area contributed by atoms with Crippen LogP contribution >= 0.6 is 0 Å². The van der Waals surface area contributed by atoms with Gasteiger partial charge < -0.3 is 10.1 Å². The second kappa shape index (κ2) is 7.39. The van der Waals surface area contributed by atoms with Crippen molar-refractivity contribution in [1.82, 2.24) is 10.2 Å². The Morgan fingerprint density at radius 1 is 1.29 bits per heavy atom. The average Bonchev–Trinajstić information content (AvgIpc) is 2.84. The highest BCUT2D eigenvalue weighted by Gasteiger charge is 2.22. The summed E-state index contributed by atoms with van der Waals surface area (Å²) >= 11 is 0. The summed E-state index contributed by atoms with van der Waals surface area (Å²) in [6.45, 7) is 11.9. The lowest BCUT2D eigenvalue weighted by Gasteiger charge is -2.21. The maximum absolute atomic E-state index is 5.27. The van der Waals surface area contributed by atoms with Gasteiger partial charge in [0.1, 0.15) is 0 Å². The largest absolute Gasteiger partial charge is 0.384 e. The number of rotatable bonds is 6. The molecule has 0 aromatic heterocycles. The van der Waals surface area contributed by atoms with Crippen molar-refractivity contribution < 1.29 is 4.74 Å². The fourth-order valence-electron chi connectivity index (χ4n) is 2.89. The molecule has 1 fully saturated rings. The molecule has 2 rings (SSSR count). The van der Waals surface area contributed by atoms with Crippen LogP contribution in [0.1, 0.15) is 38.3 Å². The van der Waals surface area contributed by atoms with Crippen LogP contribution in [0.3, 0.4) is 0 Å². The van der Waals surface area contributed by atoms with E-state index in [1.54, 1.807) is 7.11 Å². The second-order valence-electron chi connectivity index (χ2n) is 7.27. The third-order valence-corrected chi connectivity index (χ3v) is 3.99. The fourth-order valence-corrected chi connectivity index (χ4v) is 2.89. The molecule has 0 radical (unpaired) electrons. The minimum Gasteiger partial charge on any atom is -0.384 e. The highest BCUT2D eigenvalue weighted by Crippen LogP contribution is 2.19. The molecule has 118 valence electrons. The van der Waals surface area contributed by atoms with Crippen LogP contribution in [0, 0.1) is 5.92 Å². The number of hydrogen-bond donors (Lipinski definition) is 1. The Kier molecular flexibility index (Phi) is 5.80. The van der Waals surface area contributed by atoms with E-state index in [9.17, 15) is 0 Å². The number of benzene rings is 1. The van der Waals surface area contributed by atoms with E-state index < -0.39 is 0 Å². The van der Waals surface area contributed by atoms with Gasteiger partial charge in [-0.15, -0.1) is 0 Å². The molecule has 1 N–H and O–H groups in total. The summed E-state index contributed by atoms with van der Waals surface area (Å²) in [4.78, 5) is 2.54. The molecule has 1 saturated heterocycles. The van der Waals surface area contributed by atoms with Gasteiger partial charge in [0.25, 0.3) is 0 Å². The molecule has 0 bridgehead atoms. The third-order valence-electron chi connectivity index (χ3n) is 3.99. The lowest BCUT2D eigenvalue weighted by molar-refractivity contribution is 0.152. The number of nitrogens with one attached hydrogen (secondary N) is 1. The smallest absolute Gasteiger partial charge is 0.0503 e. The van der Waals surface area contributed by atoms with Crippen LogP contribution in [-0.2, 0) is 17.8 Å². The molecule has 0 amide bonds. The van der Waals surface area contributed by atoms with Crippen LogP contribution in [0.25, 0.3) is 0 Å². The predicted octanol–water partition coefficient (Wildman–Crippen LogP) is 3.04. The summed E-state index contributed by atoms with van der Waals surface area (Å²) in [5, 5.41) is 3.55. The quantitative estimate of drug-likeness (QED) is 0.871. The number of ether oxygens (including phenoxy) is 1. The highest BCUT2D eigenvalue weighted by atomic mass is 16.5. The lowest BCUT2D eigenvalue weighted by Crippen LogP contribution is -2.35. The maximum Gasteiger partial charge on any atom is 0.0503 e. The van der Waals surface area contributed by atoms with Crippen LogP contribution in [0.4, 0.5) is 0 Å². The number of nitrogens with zero attached hydrogens (tertiary/aromatic N) is 1. The standard InChI is InChI=1S/C18H30N2O/c1-18(2,3)19-11-15-6-5-7-16(10-15)12-20-9-8-17(13-20)14-21-4/h5-7,10,17,19H,8-9,11-14H2,1-4H3. The maximum atomic E-state index is 5.27.